The van der Waals surface area contributed by atoms with E-state index in [0.717, 1.165) is 10.0 Å². The minimum absolute atomic E-state index is 0.433. The maximum Gasteiger partial charge on any atom is 0.337 e. The van der Waals surface area contributed by atoms with Crippen LogP contribution in [-0.2, 0) is 9.63 Å². The molecule has 0 aromatic heterocycles. The third-order valence-corrected chi connectivity index (χ3v) is 2.78. The van der Waals surface area contributed by atoms with Crippen LogP contribution in [0.15, 0.2) is 22.7 Å². The number of halogens is 1. The third kappa shape index (κ3) is 3.84. The van der Waals surface area contributed by atoms with E-state index in [-0.39, 0.29) is 0 Å². The van der Waals surface area contributed by atoms with Crippen LogP contribution in [0.3, 0.4) is 0 Å². The van der Waals surface area contributed by atoms with Crippen LogP contribution in [0.5, 0.6) is 0 Å². The monoisotopic (exact) mass is 313 g/mol. The maximum absolute atomic E-state index is 11.8. The SMILES string of the molecule is Cc1cc(Br)ccc1C(=O)NOC(=O)C(C)(C)C. The zero-order valence-corrected chi connectivity index (χ0v) is 12.4. The number of hydrogen-bond donors (Lipinski definition) is 1. The summed E-state index contributed by atoms with van der Waals surface area (Å²) >= 11 is 3.32. The van der Waals surface area contributed by atoms with Gasteiger partial charge in [-0.1, -0.05) is 15.9 Å². The highest BCUT2D eigenvalue weighted by molar-refractivity contribution is 9.10. The second-order valence-electron chi connectivity index (χ2n) is 5.03. The summed E-state index contributed by atoms with van der Waals surface area (Å²) in [6.07, 6.45) is 0. The van der Waals surface area contributed by atoms with Crippen molar-refractivity contribution in [2.45, 2.75) is 27.7 Å². The van der Waals surface area contributed by atoms with Gasteiger partial charge in [0.25, 0.3) is 5.91 Å². The summed E-state index contributed by atoms with van der Waals surface area (Å²) < 4.78 is 0.892. The van der Waals surface area contributed by atoms with Crippen LogP contribution in [0.2, 0.25) is 0 Å². The molecule has 0 saturated heterocycles. The average Bonchev–Trinajstić information content (AvgIpc) is 2.24. The molecule has 5 heteroatoms. The van der Waals surface area contributed by atoms with E-state index in [1.165, 1.54) is 0 Å². The lowest BCUT2D eigenvalue weighted by molar-refractivity contribution is -0.158. The molecule has 0 fully saturated rings. The van der Waals surface area contributed by atoms with E-state index >= 15 is 0 Å². The zero-order chi connectivity index (χ0) is 13.9. The van der Waals surface area contributed by atoms with Crippen LogP contribution in [0.1, 0.15) is 36.7 Å². The Bertz CT molecular complexity index is 478. The van der Waals surface area contributed by atoms with Crippen LogP contribution in [0.25, 0.3) is 0 Å². The molecular weight excluding hydrogens is 298 g/mol. The molecule has 0 radical (unpaired) electrons. The van der Waals surface area contributed by atoms with Crippen molar-refractivity contribution in [2.24, 2.45) is 5.41 Å². The number of amides is 1. The van der Waals surface area contributed by atoms with E-state index < -0.39 is 17.3 Å². The second kappa shape index (κ2) is 5.52. The second-order valence-corrected chi connectivity index (χ2v) is 5.95. The fraction of sp³-hybridized carbons (Fsp3) is 0.385. The van der Waals surface area contributed by atoms with Crippen molar-refractivity contribution in [3.05, 3.63) is 33.8 Å². The van der Waals surface area contributed by atoms with Gasteiger partial charge >= 0.3 is 5.97 Å². The van der Waals surface area contributed by atoms with Gasteiger partial charge in [0.1, 0.15) is 0 Å². The molecule has 1 aromatic carbocycles. The number of aryl methyl sites for hydroxylation is 1. The Morgan fingerprint density at radius 2 is 1.89 bits per heavy atom. The Morgan fingerprint density at radius 3 is 2.39 bits per heavy atom. The molecule has 0 saturated carbocycles. The molecule has 1 aromatic rings. The van der Waals surface area contributed by atoms with Crippen molar-refractivity contribution < 1.29 is 14.4 Å². The van der Waals surface area contributed by atoms with E-state index in [2.05, 4.69) is 21.4 Å². The molecule has 0 aliphatic carbocycles. The fourth-order valence-electron chi connectivity index (χ4n) is 1.18. The van der Waals surface area contributed by atoms with Crippen LogP contribution in [0, 0.1) is 12.3 Å². The van der Waals surface area contributed by atoms with Gasteiger partial charge in [0.05, 0.1) is 5.41 Å². The molecule has 18 heavy (non-hydrogen) atoms. The van der Waals surface area contributed by atoms with Gasteiger partial charge in [0, 0.05) is 10.0 Å². The van der Waals surface area contributed by atoms with Gasteiger partial charge in [0.15, 0.2) is 0 Å². The molecule has 0 aliphatic rings. The van der Waals surface area contributed by atoms with Crippen molar-refractivity contribution >= 4 is 27.8 Å². The fourth-order valence-corrected chi connectivity index (χ4v) is 1.66. The van der Waals surface area contributed by atoms with Crippen LogP contribution in [0.4, 0.5) is 0 Å². The van der Waals surface area contributed by atoms with Gasteiger partial charge in [0.2, 0.25) is 0 Å². The lowest BCUT2D eigenvalue weighted by Gasteiger charge is -2.16. The predicted octanol–water partition coefficient (Wildman–Crippen LogP) is 2.99. The van der Waals surface area contributed by atoms with Crippen LogP contribution >= 0.6 is 15.9 Å². The number of rotatable bonds is 1. The smallest absolute Gasteiger partial charge is 0.337 e. The lowest BCUT2D eigenvalue weighted by Crippen LogP contribution is -2.33. The summed E-state index contributed by atoms with van der Waals surface area (Å²) in [5.74, 6) is -0.914. The highest BCUT2D eigenvalue weighted by atomic mass is 79.9. The summed E-state index contributed by atoms with van der Waals surface area (Å²) in [6.45, 7) is 6.95. The standard InChI is InChI=1S/C13H16BrNO3/c1-8-7-9(14)5-6-10(8)11(16)15-18-12(17)13(2,3)4/h5-7H,1-4H3,(H,15,16). The molecule has 1 amide bonds. The number of carbonyl (C=O) groups excluding carboxylic acids is 2. The third-order valence-electron chi connectivity index (χ3n) is 2.28. The summed E-state index contributed by atoms with van der Waals surface area (Å²) in [7, 11) is 0. The number of nitrogens with one attached hydrogen (secondary N) is 1. The normalized spacial score (nSPS) is 10.9. The van der Waals surface area contributed by atoms with Crippen LogP contribution < -0.4 is 5.48 Å². The molecule has 1 rings (SSSR count). The average molecular weight is 314 g/mol. The first-order valence-corrected chi connectivity index (χ1v) is 6.29. The molecule has 0 atom stereocenters. The number of hydrogen-bond acceptors (Lipinski definition) is 3. The van der Waals surface area contributed by atoms with Gasteiger partial charge in [-0.05, 0) is 51.5 Å². The van der Waals surface area contributed by atoms with E-state index in [4.69, 9.17) is 4.84 Å². The Labute approximate surface area is 115 Å². The molecule has 0 spiro atoms. The zero-order valence-electron chi connectivity index (χ0n) is 10.8. The summed E-state index contributed by atoms with van der Waals surface area (Å²) in [5, 5.41) is 0. The van der Waals surface area contributed by atoms with Crippen molar-refractivity contribution in [1.82, 2.24) is 5.48 Å². The number of benzene rings is 1. The largest absolute Gasteiger partial charge is 0.340 e. The van der Waals surface area contributed by atoms with Gasteiger partial charge in [-0.25, -0.2) is 4.79 Å². The minimum atomic E-state index is -0.651. The van der Waals surface area contributed by atoms with E-state index in [1.807, 2.05) is 13.0 Å². The summed E-state index contributed by atoms with van der Waals surface area (Å²) in [4.78, 5) is 28.1. The predicted molar refractivity (Wildman–Crippen MR) is 71.9 cm³/mol. The molecule has 1 N–H and O–H groups in total. The highest BCUT2D eigenvalue weighted by Gasteiger charge is 2.24. The van der Waals surface area contributed by atoms with Crippen molar-refractivity contribution in [3.8, 4) is 0 Å². The van der Waals surface area contributed by atoms with Crippen molar-refractivity contribution in [3.63, 3.8) is 0 Å². The van der Waals surface area contributed by atoms with E-state index in [1.54, 1.807) is 32.9 Å². The molecular formula is C13H16BrNO3. The summed E-state index contributed by atoms with van der Waals surface area (Å²) in [5.41, 5.74) is 2.78. The number of hydroxylamine groups is 1. The van der Waals surface area contributed by atoms with E-state index in [9.17, 15) is 9.59 Å². The lowest BCUT2D eigenvalue weighted by atomic mass is 9.98. The molecule has 0 bridgehead atoms. The first kappa shape index (κ1) is 14.7. The van der Waals surface area contributed by atoms with Gasteiger partial charge in [-0.2, -0.15) is 5.48 Å². The first-order chi connectivity index (χ1) is 8.21. The highest BCUT2D eigenvalue weighted by Crippen LogP contribution is 2.17. The van der Waals surface area contributed by atoms with Gasteiger partial charge < -0.3 is 4.84 Å². The number of carbonyl (C=O) groups is 2. The molecule has 98 valence electrons. The Hall–Kier alpha value is -1.36. The Kier molecular flexibility index (Phi) is 4.51. The molecule has 0 aliphatic heterocycles. The van der Waals surface area contributed by atoms with E-state index in [0.29, 0.717) is 5.56 Å². The van der Waals surface area contributed by atoms with Gasteiger partial charge in [-0.15, -0.1) is 0 Å². The Morgan fingerprint density at radius 1 is 1.28 bits per heavy atom. The van der Waals surface area contributed by atoms with Crippen molar-refractivity contribution in [2.75, 3.05) is 0 Å². The molecule has 0 unspecified atom stereocenters. The Balaban J connectivity index is 2.70. The van der Waals surface area contributed by atoms with Crippen molar-refractivity contribution in [1.29, 1.82) is 0 Å². The minimum Gasteiger partial charge on any atom is -0.340 e. The van der Waals surface area contributed by atoms with Gasteiger partial charge in [-0.3, -0.25) is 4.79 Å². The topological polar surface area (TPSA) is 55.4 Å². The molecule has 0 heterocycles. The van der Waals surface area contributed by atoms with Crippen LogP contribution in [-0.4, -0.2) is 11.9 Å². The molecule has 4 nitrogen and oxygen atoms in total. The maximum atomic E-state index is 11.8. The quantitative estimate of drug-likeness (QED) is 0.811. The first-order valence-electron chi connectivity index (χ1n) is 5.49. The summed E-state index contributed by atoms with van der Waals surface area (Å²) in [6, 6.07) is 5.24.